The van der Waals surface area contributed by atoms with Gasteiger partial charge in [0.15, 0.2) is 0 Å². The smallest absolute Gasteiger partial charge is 0.316 e. The number of esters is 1. The van der Waals surface area contributed by atoms with Crippen molar-refractivity contribution in [3.63, 3.8) is 0 Å². The van der Waals surface area contributed by atoms with Crippen molar-refractivity contribution in [2.45, 2.75) is 33.3 Å². The second kappa shape index (κ2) is 5.53. The van der Waals surface area contributed by atoms with E-state index >= 15 is 0 Å². The van der Waals surface area contributed by atoms with Crippen molar-refractivity contribution in [3.05, 3.63) is 0 Å². The van der Waals surface area contributed by atoms with E-state index in [1.165, 1.54) is 0 Å². The molecular formula is C9H15IO4. The lowest BCUT2D eigenvalue weighted by molar-refractivity contribution is -0.156. The molecule has 0 aromatic rings. The summed E-state index contributed by atoms with van der Waals surface area (Å²) >= 11 is 1.89. The summed E-state index contributed by atoms with van der Waals surface area (Å²) in [4.78, 5) is 21.6. The van der Waals surface area contributed by atoms with Crippen LogP contribution < -0.4 is 0 Å². The summed E-state index contributed by atoms with van der Waals surface area (Å²) in [5.41, 5.74) is -0.347. The van der Waals surface area contributed by atoms with Gasteiger partial charge in [-0.25, -0.2) is 0 Å². The lowest BCUT2D eigenvalue weighted by atomic mass is 9.87. The zero-order valence-electron chi connectivity index (χ0n) is 8.54. The average Bonchev–Trinajstić information content (AvgIpc) is 2.00. The van der Waals surface area contributed by atoms with Crippen molar-refractivity contribution in [1.29, 1.82) is 0 Å². The summed E-state index contributed by atoms with van der Waals surface area (Å²) in [5.74, 6) is -1.32. The molecule has 0 radical (unpaired) electrons. The number of alkyl halides is 1. The lowest BCUT2D eigenvalue weighted by Crippen LogP contribution is -2.34. The SMILES string of the molecule is CC(C)(C)C(CC(=O)O)OC(=O)CI. The lowest BCUT2D eigenvalue weighted by Gasteiger charge is -2.28. The maximum absolute atomic E-state index is 11.0. The Labute approximate surface area is 97.2 Å². The van der Waals surface area contributed by atoms with E-state index in [4.69, 9.17) is 9.84 Å². The number of carboxylic acids is 1. The third-order valence-corrected chi connectivity index (χ3v) is 2.33. The Bertz CT molecular complexity index is 219. The van der Waals surface area contributed by atoms with Gasteiger partial charge < -0.3 is 9.84 Å². The van der Waals surface area contributed by atoms with Crippen LogP contribution in [0.4, 0.5) is 0 Å². The minimum atomic E-state index is -0.953. The number of ether oxygens (including phenoxy) is 1. The molecule has 0 aliphatic heterocycles. The molecule has 0 amide bonds. The Morgan fingerprint density at radius 3 is 2.21 bits per heavy atom. The molecule has 0 saturated heterocycles. The molecular weight excluding hydrogens is 299 g/mol. The van der Waals surface area contributed by atoms with Gasteiger partial charge in [-0.05, 0) is 5.41 Å². The average molecular weight is 314 g/mol. The quantitative estimate of drug-likeness (QED) is 0.489. The largest absolute Gasteiger partial charge is 0.481 e. The number of aliphatic carboxylic acids is 1. The topological polar surface area (TPSA) is 63.6 Å². The fraction of sp³-hybridized carbons (Fsp3) is 0.778. The molecule has 0 aromatic carbocycles. The first-order valence-electron chi connectivity index (χ1n) is 4.24. The van der Waals surface area contributed by atoms with Crippen LogP contribution in [0.1, 0.15) is 27.2 Å². The second-order valence-corrected chi connectivity index (χ2v) is 4.84. The standard InChI is InChI=1S/C9H15IO4/c1-9(2,3)6(4-7(11)12)14-8(13)5-10/h6H,4-5H2,1-3H3,(H,11,12). The molecule has 0 heterocycles. The monoisotopic (exact) mass is 314 g/mol. The van der Waals surface area contributed by atoms with Crippen molar-refractivity contribution < 1.29 is 19.4 Å². The summed E-state index contributed by atoms with van der Waals surface area (Å²) in [7, 11) is 0. The van der Waals surface area contributed by atoms with Crippen LogP contribution in [0.5, 0.6) is 0 Å². The van der Waals surface area contributed by atoms with Crippen LogP contribution in [0.25, 0.3) is 0 Å². The summed E-state index contributed by atoms with van der Waals surface area (Å²) in [5, 5.41) is 8.64. The Morgan fingerprint density at radius 2 is 1.93 bits per heavy atom. The zero-order valence-corrected chi connectivity index (χ0v) is 10.7. The molecule has 0 aromatic heterocycles. The van der Waals surface area contributed by atoms with Gasteiger partial charge in [0, 0.05) is 0 Å². The molecule has 0 aliphatic rings. The van der Waals surface area contributed by atoms with Gasteiger partial charge in [-0.15, -0.1) is 0 Å². The predicted octanol–water partition coefficient (Wildman–Crippen LogP) is 1.85. The number of hydrogen-bond donors (Lipinski definition) is 1. The van der Waals surface area contributed by atoms with Gasteiger partial charge in [-0.3, -0.25) is 9.59 Å². The van der Waals surface area contributed by atoms with Gasteiger partial charge in [0.1, 0.15) is 6.10 Å². The van der Waals surface area contributed by atoms with Crippen molar-refractivity contribution in [1.82, 2.24) is 0 Å². The maximum Gasteiger partial charge on any atom is 0.316 e. The van der Waals surface area contributed by atoms with Crippen molar-refractivity contribution in [3.8, 4) is 0 Å². The van der Waals surface area contributed by atoms with E-state index in [0.29, 0.717) is 0 Å². The molecule has 1 N–H and O–H groups in total. The van der Waals surface area contributed by atoms with Crippen LogP contribution in [0.3, 0.4) is 0 Å². The Morgan fingerprint density at radius 1 is 1.43 bits per heavy atom. The molecule has 0 aliphatic carbocycles. The molecule has 0 fully saturated rings. The molecule has 82 valence electrons. The van der Waals surface area contributed by atoms with E-state index in [-0.39, 0.29) is 22.2 Å². The Balaban J connectivity index is 4.41. The van der Waals surface area contributed by atoms with Gasteiger partial charge in [0.25, 0.3) is 0 Å². The van der Waals surface area contributed by atoms with Crippen LogP contribution in [0.2, 0.25) is 0 Å². The van der Waals surface area contributed by atoms with E-state index in [1.54, 1.807) is 0 Å². The molecule has 0 bridgehead atoms. The summed E-state index contributed by atoms with van der Waals surface area (Å²) in [6.07, 6.45) is -0.714. The molecule has 0 saturated carbocycles. The maximum atomic E-state index is 11.0. The van der Waals surface area contributed by atoms with Crippen LogP contribution in [-0.4, -0.2) is 27.6 Å². The first kappa shape index (κ1) is 13.7. The van der Waals surface area contributed by atoms with Crippen molar-refractivity contribution >= 4 is 34.5 Å². The highest BCUT2D eigenvalue weighted by atomic mass is 127. The van der Waals surface area contributed by atoms with E-state index in [9.17, 15) is 9.59 Å². The van der Waals surface area contributed by atoms with Crippen LogP contribution in [0.15, 0.2) is 0 Å². The number of rotatable bonds is 4. The molecule has 5 heteroatoms. The number of carbonyl (C=O) groups is 2. The number of carboxylic acid groups (broad SMARTS) is 1. The van der Waals surface area contributed by atoms with E-state index in [2.05, 4.69) is 0 Å². The highest BCUT2D eigenvalue weighted by Crippen LogP contribution is 2.25. The summed E-state index contributed by atoms with van der Waals surface area (Å²) in [6.45, 7) is 5.54. The van der Waals surface area contributed by atoms with Gasteiger partial charge in [-0.1, -0.05) is 43.4 Å². The van der Waals surface area contributed by atoms with E-state index in [0.717, 1.165) is 0 Å². The third kappa shape index (κ3) is 5.41. The molecule has 4 nitrogen and oxygen atoms in total. The van der Waals surface area contributed by atoms with Gasteiger partial charge in [-0.2, -0.15) is 0 Å². The fourth-order valence-corrected chi connectivity index (χ4v) is 1.05. The van der Waals surface area contributed by atoms with E-state index in [1.807, 2.05) is 43.4 Å². The van der Waals surface area contributed by atoms with Crippen LogP contribution in [0, 0.1) is 5.41 Å². The Hall–Kier alpha value is -0.330. The van der Waals surface area contributed by atoms with Crippen molar-refractivity contribution in [2.75, 3.05) is 4.43 Å². The van der Waals surface area contributed by atoms with E-state index < -0.39 is 12.1 Å². The van der Waals surface area contributed by atoms with Crippen molar-refractivity contribution in [2.24, 2.45) is 5.41 Å². The van der Waals surface area contributed by atoms with Gasteiger partial charge in [0.05, 0.1) is 10.8 Å². The number of carbonyl (C=O) groups excluding carboxylic acids is 1. The van der Waals surface area contributed by atoms with Crippen LogP contribution >= 0.6 is 22.6 Å². The fourth-order valence-electron chi connectivity index (χ4n) is 0.873. The summed E-state index contributed by atoms with van der Waals surface area (Å²) in [6, 6.07) is 0. The van der Waals surface area contributed by atoms with Gasteiger partial charge >= 0.3 is 11.9 Å². The first-order chi connectivity index (χ1) is 6.27. The molecule has 0 spiro atoms. The second-order valence-electron chi connectivity index (χ2n) is 4.08. The first-order valence-corrected chi connectivity index (χ1v) is 5.77. The minimum absolute atomic E-state index is 0.147. The highest BCUT2D eigenvalue weighted by Gasteiger charge is 2.30. The number of halogens is 1. The van der Waals surface area contributed by atoms with Crippen LogP contribution in [-0.2, 0) is 14.3 Å². The Kier molecular flexibility index (Phi) is 5.40. The minimum Gasteiger partial charge on any atom is -0.481 e. The number of hydrogen-bond acceptors (Lipinski definition) is 3. The summed E-state index contributed by atoms with van der Waals surface area (Å²) < 4.78 is 5.29. The molecule has 1 unspecified atom stereocenters. The highest BCUT2D eigenvalue weighted by molar-refractivity contribution is 14.1. The molecule has 1 atom stereocenters. The predicted molar refractivity (Wildman–Crippen MR) is 60.5 cm³/mol. The normalized spacial score (nSPS) is 13.4. The molecule has 0 rings (SSSR count). The van der Waals surface area contributed by atoms with Gasteiger partial charge in [0.2, 0.25) is 0 Å². The molecule has 14 heavy (non-hydrogen) atoms. The zero-order chi connectivity index (χ0) is 11.4. The third-order valence-electron chi connectivity index (χ3n) is 1.71.